The van der Waals surface area contributed by atoms with Gasteiger partial charge in [-0.1, -0.05) is 0 Å². The van der Waals surface area contributed by atoms with Gasteiger partial charge in [0, 0.05) is 5.38 Å². The average molecular weight is 236 g/mol. The Hall–Kier alpha value is -1.62. The normalized spacial score (nSPS) is 10.4. The molecular formula is C11H12N2O2S. The Balaban J connectivity index is 1.96. The van der Waals surface area contributed by atoms with E-state index in [0.717, 1.165) is 17.2 Å². The lowest BCUT2D eigenvalue weighted by Crippen LogP contribution is -2.22. The number of nitrogens with one attached hydrogen (secondary N) is 1. The van der Waals surface area contributed by atoms with Crippen LogP contribution in [0, 0.1) is 13.8 Å². The minimum atomic E-state index is -0.111. The van der Waals surface area contributed by atoms with Crippen molar-refractivity contribution in [1.29, 1.82) is 0 Å². The minimum absolute atomic E-state index is 0.111. The number of nitrogens with zero attached hydrogens (tertiary/aromatic N) is 1. The molecule has 1 N–H and O–H groups in total. The summed E-state index contributed by atoms with van der Waals surface area (Å²) in [5.74, 6) is 1.49. The molecular weight excluding hydrogens is 224 g/mol. The van der Waals surface area contributed by atoms with Crippen LogP contribution in [0.25, 0.3) is 0 Å². The van der Waals surface area contributed by atoms with Gasteiger partial charge >= 0.3 is 0 Å². The molecule has 2 aromatic heterocycles. The van der Waals surface area contributed by atoms with E-state index in [1.165, 1.54) is 11.5 Å². The molecule has 0 aromatic carbocycles. The quantitative estimate of drug-likeness (QED) is 0.889. The number of carbonyl (C=O) groups excluding carboxylic acids is 1. The second-order valence-corrected chi connectivity index (χ2v) is 4.14. The number of amides is 1. The Morgan fingerprint density at radius 2 is 2.31 bits per heavy atom. The molecule has 0 spiro atoms. The largest absolute Gasteiger partial charge is 0.465 e. The van der Waals surface area contributed by atoms with Crippen molar-refractivity contribution >= 4 is 17.4 Å². The molecule has 0 atom stereocenters. The van der Waals surface area contributed by atoms with Gasteiger partial charge in [0.1, 0.15) is 11.5 Å². The van der Waals surface area contributed by atoms with Crippen molar-refractivity contribution in [3.8, 4) is 0 Å². The maximum Gasteiger partial charge on any atom is 0.254 e. The van der Waals surface area contributed by atoms with Crippen LogP contribution in [0.1, 0.15) is 27.6 Å². The van der Waals surface area contributed by atoms with Gasteiger partial charge in [-0.3, -0.25) is 4.79 Å². The summed E-state index contributed by atoms with van der Waals surface area (Å²) in [6.45, 7) is 4.10. The Bertz CT molecular complexity index is 502. The van der Waals surface area contributed by atoms with Gasteiger partial charge in [0.15, 0.2) is 0 Å². The van der Waals surface area contributed by atoms with E-state index in [1.54, 1.807) is 5.38 Å². The van der Waals surface area contributed by atoms with Crippen molar-refractivity contribution in [2.45, 2.75) is 20.4 Å². The van der Waals surface area contributed by atoms with Crippen LogP contribution in [-0.4, -0.2) is 10.3 Å². The fourth-order valence-electron chi connectivity index (χ4n) is 1.35. The van der Waals surface area contributed by atoms with E-state index in [-0.39, 0.29) is 5.91 Å². The van der Waals surface area contributed by atoms with Gasteiger partial charge in [-0.05, 0) is 37.5 Å². The van der Waals surface area contributed by atoms with E-state index >= 15 is 0 Å². The van der Waals surface area contributed by atoms with Crippen LogP contribution < -0.4 is 5.32 Å². The maximum atomic E-state index is 11.7. The first-order valence-corrected chi connectivity index (χ1v) is 5.75. The molecule has 0 bridgehead atoms. The molecule has 0 aliphatic heterocycles. The Labute approximate surface area is 97.5 Å². The lowest BCUT2D eigenvalue weighted by Gasteiger charge is -2.01. The molecule has 0 unspecified atom stereocenters. The SMILES string of the molecule is Cc1ccc(CNC(=O)c2csnc2C)o1. The van der Waals surface area contributed by atoms with Crippen LogP contribution in [-0.2, 0) is 6.54 Å². The van der Waals surface area contributed by atoms with Gasteiger partial charge in [0.2, 0.25) is 0 Å². The Morgan fingerprint density at radius 1 is 1.50 bits per heavy atom. The third-order valence-corrected chi connectivity index (χ3v) is 2.93. The summed E-state index contributed by atoms with van der Waals surface area (Å²) < 4.78 is 9.41. The Morgan fingerprint density at radius 3 is 2.88 bits per heavy atom. The molecule has 0 radical (unpaired) electrons. The van der Waals surface area contributed by atoms with Crippen molar-refractivity contribution in [2.24, 2.45) is 0 Å². The number of hydrogen-bond acceptors (Lipinski definition) is 4. The predicted molar refractivity (Wildman–Crippen MR) is 61.5 cm³/mol. The molecule has 2 heterocycles. The van der Waals surface area contributed by atoms with Crippen LogP contribution in [0.4, 0.5) is 0 Å². The topological polar surface area (TPSA) is 55.1 Å². The van der Waals surface area contributed by atoms with E-state index in [0.29, 0.717) is 12.1 Å². The number of aromatic nitrogens is 1. The fraction of sp³-hybridized carbons (Fsp3) is 0.273. The first-order chi connectivity index (χ1) is 7.66. The van der Waals surface area contributed by atoms with Gasteiger partial charge in [0.25, 0.3) is 5.91 Å². The van der Waals surface area contributed by atoms with Gasteiger partial charge in [0.05, 0.1) is 17.8 Å². The van der Waals surface area contributed by atoms with Crippen molar-refractivity contribution in [3.63, 3.8) is 0 Å². The molecule has 0 saturated heterocycles. The monoisotopic (exact) mass is 236 g/mol. The third kappa shape index (κ3) is 2.30. The predicted octanol–water partition coefficient (Wildman–Crippen LogP) is 2.28. The first-order valence-electron chi connectivity index (χ1n) is 4.91. The number of rotatable bonds is 3. The molecule has 84 valence electrons. The van der Waals surface area contributed by atoms with Crippen LogP contribution in [0.3, 0.4) is 0 Å². The van der Waals surface area contributed by atoms with Crippen LogP contribution in [0.5, 0.6) is 0 Å². The zero-order valence-corrected chi connectivity index (χ0v) is 9.93. The second kappa shape index (κ2) is 4.49. The van der Waals surface area contributed by atoms with Crippen LogP contribution in [0.2, 0.25) is 0 Å². The Kier molecular flexibility index (Phi) is 3.05. The third-order valence-electron chi connectivity index (χ3n) is 2.21. The molecule has 16 heavy (non-hydrogen) atoms. The van der Waals surface area contributed by atoms with Gasteiger partial charge in [-0.2, -0.15) is 4.37 Å². The summed E-state index contributed by atoms with van der Waals surface area (Å²) in [5.41, 5.74) is 1.39. The second-order valence-electron chi connectivity index (χ2n) is 3.51. The molecule has 0 aliphatic carbocycles. The minimum Gasteiger partial charge on any atom is -0.465 e. The van der Waals surface area contributed by atoms with Crippen molar-refractivity contribution < 1.29 is 9.21 Å². The number of hydrogen-bond donors (Lipinski definition) is 1. The number of carbonyl (C=O) groups is 1. The summed E-state index contributed by atoms with van der Waals surface area (Å²) in [7, 11) is 0. The van der Waals surface area contributed by atoms with Crippen molar-refractivity contribution in [3.05, 3.63) is 40.3 Å². The first kappa shape index (κ1) is 10.9. The molecule has 0 aliphatic rings. The highest BCUT2D eigenvalue weighted by Crippen LogP contribution is 2.10. The number of furan rings is 1. The molecule has 1 amide bonds. The van der Waals surface area contributed by atoms with Crippen molar-refractivity contribution in [2.75, 3.05) is 0 Å². The summed E-state index contributed by atoms with van der Waals surface area (Å²) >= 11 is 1.29. The van der Waals surface area contributed by atoms with E-state index in [2.05, 4.69) is 9.69 Å². The zero-order valence-electron chi connectivity index (χ0n) is 9.11. The van der Waals surface area contributed by atoms with E-state index < -0.39 is 0 Å². The molecule has 2 rings (SSSR count). The maximum absolute atomic E-state index is 11.7. The van der Waals surface area contributed by atoms with Gasteiger partial charge in [-0.15, -0.1) is 0 Å². The lowest BCUT2D eigenvalue weighted by molar-refractivity contribution is 0.0947. The van der Waals surface area contributed by atoms with Gasteiger partial charge < -0.3 is 9.73 Å². The van der Waals surface area contributed by atoms with Gasteiger partial charge in [-0.25, -0.2) is 0 Å². The molecule has 0 fully saturated rings. The number of aryl methyl sites for hydroxylation is 2. The highest BCUT2D eigenvalue weighted by molar-refractivity contribution is 7.03. The molecule has 0 saturated carbocycles. The van der Waals surface area contributed by atoms with Crippen molar-refractivity contribution in [1.82, 2.24) is 9.69 Å². The summed E-state index contributed by atoms with van der Waals surface area (Å²) in [4.78, 5) is 11.7. The summed E-state index contributed by atoms with van der Waals surface area (Å²) in [6, 6.07) is 3.73. The highest BCUT2D eigenvalue weighted by atomic mass is 32.1. The van der Waals surface area contributed by atoms with E-state index in [4.69, 9.17) is 4.42 Å². The fourth-order valence-corrected chi connectivity index (χ4v) is 2.05. The lowest BCUT2D eigenvalue weighted by atomic mass is 10.2. The smallest absolute Gasteiger partial charge is 0.254 e. The molecule has 4 nitrogen and oxygen atoms in total. The van der Waals surface area contributed by atoms with Crippen LogP contribution >= 0.6 is 11.5 Å². The summed E-state index contributed by atoms with van der Waals surface area (Å²) in [5, 5.41) is 4.54. The zero-order chi connectivity index (χ0) is 11.5. The molecule has 2 aromatic rings. The summed E-state index contributed by atoms with van der Waals surface area (Å²) in [6.07, 6.45) is 0. The molecule has 5 heteroatoms. The average Bonchev–Trinajstić information content (AvgIpc) is 2.84. The van der Waals surface area contributed by atoms with E-state index in [9.17, 15) is 4.79 Å². The van der Waals surface area contributed by atoms with Crippen LogP contribution in [0.15, 0.2) is 21.9 Å². The standard InChI is InChI=1S/C11H12N2O2S/c1-7-3-4-9(15-7)5-12-11(14)10-6-16-13-8(10)2/h3-4,6H,5H2,1-2H3,(H,12,14). The van der Waals surface area contributed by atoms with E-state index in [1.807, 2.05) is 26.0 Å². The highest BCUT2D eigenvalue weighted by Gasteiger charge is 2.11.